The number of ether oxygens (including phenoxy) is 2. The molecule has 1 atom stereocenters. The highest BCUT2D eigenvalue weighted by Crippen LogP contribution is 2.43. The van der Waals surface area contributed by atoms with Crippen molar-refractivity contribution in [2.75, 3.05) is 20.7 Å². The molecule has 1 heterocycles. The smallest absolute Gasteiger partial charge is 0.416 e. The van der Waals surface area contributed by atoms with E-state index >= 15 is 0 Å². The lowest BCUT2D eigenvalue weighted by molar-refractivity contribution is -0.137. The van der Waals surface area contributed by atoms with Gasteiger partial charge in [0.2, 0.25) is 0 Å². The number of aryl methyl sites for hydroxylation is 1. The monoisotopic (exact) mass is 499 g/mol. The van der Waals surface area contributed by atoms with Gasteiger partial charge in [0.05, 0.1) is 18.2 Å². The summed E-state index contributed by atoms with van der Waals surface area (Å²) in [5, 5.41) is 11.1. The molecule has 2 rings (SSSR count). The van der Waals surface area contributed by atoms with E-state index in [0.717, 1.165) is 12.1 Å². The minimum absolute atomic E-state index is 0.0303. The third-order valence-electron chi connectivity index (χ3n) is 5.74. The number of alkyl halides is 3. The molecule has 2 aromatic rings. The number of carbonyl (C=O) groups excluding carboxylic acids is 1. The van der Waals surface area contributed by atoms with E-state index in [-0.39, 0.29) is 5.75 Å². The molecular weight excluding hydrogens is 463 g/mol. The predicted octanol–water partition coefficient (Wildman–Crippen LogP) is 6.99. The molecular formula is C26H36F3NO5. The van der Waals surface area contributed by atoms with Gasteiger partial charge < -0.3 is 23.9 Å². The van der Waals surface area contributed by atoms with E-state index in [1.807, 2.05) is 13.8 Å². The van der Waals surface area contributed by atoms with E-state index < -0.39 is 35.0 Å². The largest absolute Gasteiger partial charge is 0.496 e. The molecule has 0 radical (unpaired) electrons. The number of methoxy groups -OCH3 is 1. The molecule has 1 aromatic heterocycles. The highest BCUT2D eigenvalue weighted by atomic mass is 19.4. The molecule has 1 amide bonds. The van der Waals surface area contributed by atoms with Crippen LogP contribution in [0.3, 0.4) is 0 Å². The Labute approximate surface area is 205 Å². The number of hydrogen-bond acceptors (Lipinski definition) is 5. The molecule has 0 fully saturated rings. The van der Waals surface area contributed by atoms with Crippen molar-refractivity contribution < 1.29 is 37.0 Å². The van der Waals surface area contributed by atoms with Crippen molar-refractivity contribution in [2.24, 2.45) is 5.41 Å². The van der Waals surface area contributed by atoms with Gasteiger partial charge in [-0.15, -0.1) is 0 Å². The van der Waals surface area contributed by atoms with Gasteiger partial charge >= 0.3 is 12.3 Å². The molecule has 1 N–H and O–H groups in total. The molecule has 0 bridgehead atoms. The van der Waals surface area contributed by atoms with Gasteiger partial charge in [-0.2, -0.15) is 13.2 Å². The van der Waals surface area contributed by atoms with Crippen LogP contribution in [-0.2, 0) is 10.9 Å². The number of hydrogen-bond donors (Lipinski definition) is 1. The van der Waals surface area contributed by atoms with Crippen LogP contribution in [0.15, 0.2) is 28.7 Å². The summed E-state index contributed by atoms with van der Waals surface area (Å²) < 4.78 is 55.7. The van der Waals surface area contributed by atoms with Crippen LogP contribution in [0, 0.1) is 12.3 Å². The second kappa shape index (κ2) is 10.5. The molecule has 0 saturated heterocycles. The van der Waals surface area contributed by atoms with Crippen molar-refractivity contribution in [1.82, 2.24) is 4.90 Å². The number of benzene rings is 1. The third-order valence-corrected chi connectivity index (χ3v) is 5.74. The van der Waals surface area contributed by atoms with Gasteiger partial charge in [-0.05, 0) is 75.8 Å². The third kappa shape index (κ3) is 7.40. The summed E-state index contributed by atoms with van der Waals surface area (Å²) in [6.07, 6.45) is -4.67. The summed E-state index contributed by atoms with van der Waals surface area (Å²) in [5.41, 5.74) is -0.961. The zero-order valence-corrected chi connectivity index (χ0v) is 21.7. The summed E-state index contributed by atoms with van der Waals surface area (Å²) in [7, 11) is 2.96. The molecule has 0 spiro atoms. The van der Waals surface area contributed by atoms with E-state index in [1.54, 1.807) is 40.8 Å². The fraction of sp³-hybridized carbons (Fsp3) is 0.577. The van der Waals surface area contributed by atoms with Crippen molar-refractivity contribution in [3.05, 3.63) is 41.2 Å². The zero-order chi connectivity index (χ0) is 26.8. The first-order valence-electron chi connectivity index (χ1n) is 11.4. The molecule has 1 unspecified atom stereocenters. The van der Waals surface area contributed by atoms with E-state index in [1.165, 1.54) is 18.1 Å². The number of halogens is 3. The van der Waals surface area contributed by atoms with Crippen LogP contribution in [0.25, 0.3) is 11.3 Å². The van der Waals surface area contributed by atoms with Crippen LogP contribution in [-0.4, -0.2) is 42.4 Å². The van der Waals surface area contributed by atoms with Crippen molar-refractivity contribution >= 4 is 6.09 Å². The quantitative estimate of drug-likeness (QED) is 0.424. The van der Waals surface area contributed by atoms with E-state index in [2.05, 4.69) is 0 Å². The maximum absolute atomic E-state index is 13.1. The predicted molar refractivity (Wildman–Crippen MR) is 127 cm³/mol. The summed E-state index contributed by atoms with van der Waals surface area (Å²) in [6.45, 7) is 11.4. The van der Waals surface area contributed by atoms with E-state index in [4.69, 9.17) is 13.9 Å². The molecule has 35 heavy (non-hydrogen) atoms. The highest BCUT2D eigenvalue weighted by Gasteiger charge is 2.34. The summed E-state index contributed by atoms with van der Waals surface area (Å²) >= 11 is 0. The topological polar surface area (TPSA) is 72.1 Å². The summed E-state index contributed by atoms with van der Waals surface area (Å²) in [5.74, 6) is 0.679. The summed E-state index contributed by atoms with van der Waals surface area (Å²) in [6, 6.07) is 4.90. The Kier molecular flexibility index (Phi) is 8.58. The molecule has 0 saturated carbocycles. The Hall–Kier alpha value is -2.68. The number of nitrogens with zero attached hydrogens (tertiary/aromatic N) is 1. The van der Waals surface area contributed by atoms with Gasteiger partial charge in [0.25, 0.3) is 0 Å². The fourth-order valence-electron chi connectivity index (χ4n) is 3.69. The van der Waals surface area contributed by atoms with Gasteiger partial charge in [0, 0.05) is 13.6 Å². The maximum Gasteiger partial charge on any atom is 0.416 e. The highest BCUT2D eigenvalue weighted by molar-refractivity contribution is 5.70. The van der Waals surface area contributed by atoms with E-state index in [9.17, 15) is 23.1 Å². The molecule has 6 nitrogen and oxygen atoms in total. The van der Waals surface area contributed by atoms with Crippen LogP contribution in [0.1, 0.15) is 70.5 Å². The van der Waals surface area contributed by atoms with Gasteiger partial charge in [-0.25, -0.2) is 4.79 Å². The maximum atomic E-state index is 13.1. The first-order valence-corrected chi connectivity index (χ1v) is 11.4. The van der Waals surface area contributed by atoms with Crippen LogP contribution in [0.5, 0.6) is 5.75 Å². The summed E-state index contributed by atoms with van der Waals surface area (Å²) in [4.78, 5) is 13.6. The fourth-order valence-corrected chi connectivity index (χ4v) is 3.69. The minimum atomic E-state index is -4.49. The number of aliphatic hydroxyl groups excluding tert-OH is 1. The Bertz CT molecular complexity index is 1020. The lowest BCUT2D eigenvalue weighted by Crippen LogP contribution is -2.35. The van der Waals surface area contributed by atoms with Crippen LogP contribution in [0.4, 0.5) is 18.0 Å². The number of carbonyl (C=O) groups is 1. The van der Waals surface area contributed by atoms with Gasteiger partial charge in [0.1, 0.15) is 29.0 Å². The first-order chi connectivity index (χ1) is 16.0. The first kappa shape index (κ1) is 28.6. The normalized spacial score (nSPS) is 13.5. The van der Waals surface area contributed by atoms with Crippen LogP contribution in [0.2, 0.25) is 0 Å². The Morgan fingerprint density at radius 2 is 1.77 bits per heavy atom. The second-order valence-corrected chi connectivity index (χ2v) is 10.5. The van der Waals surface area contributed by atoms with Crippen LogP contribution < -0.4 is 4.74 Å². The van der Waals surface area contributed by atoms with Crippen molar-refractivity contribution in [2.45, 2.75) is 72.3 Å². The SMILES string of the molecule is COc1cc(C(F)(F)F)ccc1-c1oc(C(O)C(C)(C)CCCN(C)C(=O)OC(C)(C)C)cc1C. The lowest BCUT2D eigenvalue weighted by Gasteiger charge is -2.30. The van der Waals surface area contributed by atoms with Crippen molar-refractivity contribution in [1.29, 1.82) is 0 Å². The van der Waals surface area contributed by atoms with Crippen molar-refractivity contribution in [3.8, 4) is 17.1 Å². The molecule has 0 aliphatic heterocycles. The number of aliphatic hydroxyl groups is 1. The van der Waals surface area contributed by atoms with Gasteiger partial charge in [0.15, 0.2) is 0 Å². The minimum Gasteiger partial charge on any atom is -0.496 e. The molecule has 9 heteroatoms. The number of furan rings is 1. The van der Waals surface area contributed by atoms with Gasteiger partial charge in [-0.3, -0.25) is 0 Å². The molecule has 0 aliphatic rings. The Morgan fingerprint density at radius 3 is 2.31 bits per heavy atom. The van der Waals surface area contributed by atoms with Gasteiger partial charge in [-0.1, -0.05) is 13.8 Å². The lowest BCUT2D eigenvalue weighted by atomic mass is 9.81. The second-order valence-electron chi connectivity index (χ2n) is 10.5. The molecule has 1 aromatic carbocycles. The van der Waals surface area contributed by atoms with Crippen molar-refractivity contribution in [3.63, 3.8) is 0 Å². The van der Waals surface area contributed by atoms with Crippen LogP contribution >= 0.6 is 0 Å². The zero-order valence-electron chi connectivity index (χ0n) is 21.7. The average molecular weight is 500 g/mol. The standard InChI is InChI=1S/C26H36F3NO5/c1-16-14-20(34-21(16)18-11-10-17(26(27,28)29)15-19(18)33-8)22(31)25(5,6)12-9-13-30(7)23(32)35-24(2,3)4/h10-11,14-15,22,31H,9,12-13H2,1-8H3. The number of rotatable bonds is 8. The number of amides is 1. The Morgan fingerprint density at radius 1 is 1.14 bits per heavy atom. The Balaban J connectivity index is 2.15. The average Bonchev–Trinajstić information content (AvgIpc) is 3.11. The molecule has 0 aliphatic carbocycles. The van der Waals surface area contributed by atoms with E-state index in [0.29, 0.717) is 42.0 Å². The molecule has 196 valence electrons.